The molecule has 0 spiro atoms. The van der Waals surface area contributed by atoms with Crippen LogP contribution in [0.1, 0.15) is 341 Å². The number of aliphatic hydroxyl groups is 1. The number of amides is 1. The molecule has 0 aromatic carbocycles. The molecule has 0 aliphatic heterocycles. The van der Waals surface area contributed by atoms with E-state index in [1.54, 1.807) is 6.08 Å². The smallest absolute Gasteiger partial charge is 0.387 e. The highest BCUT2D eigenvalue weighted by atomic mass is 31.2. The van der Waals surface area contributed by atoms with E-state index in [1.165, 1.54) is 289 Å². The van der Waals surface area contributed by atoms with Crippen LogP contribution in [0.15, 0.2) is 12.2 Å². The molecule has 0 fully saturated rings. The molecule has 9 heteroatoms. The van der Waals surface area contributed by atoms with E-state index in [1.807, 2.05) is 27.2 Å². The van der Waals surface area contributed by atoms with Gasteiger partial charge in [-0.3, -0.25) is 13.8 Å². The van der Waals surface area contributed by atoms with Crippen LogP contribution >= 0.6 is 7.82 Å². The van der Waals surface area contributed by atoms with Crippen molar-refractivity contribution in [3.05, 3.63) is 12.2 Å². The van der Waals surface area contributed by atoms with Crippen molar-refractivity contribution in [1.82, 2.24) is 5.32 Å². The number of phosphoric acid groups is 1. The summed E-state index contributed by atoms with van der Waals surface area (Å²) in [5.41, 5.74) is 0. The minimum Gasteiger partial charge on any atom is -0.387 e. The molecule has 0 aromatic rings. The Hall–Kier alpha value is -0.760. The number of unbranched alkanes of at least 4 members (excludes halogenated alkanes) is 48. The van der Waals surface area contributed by atoms with E-state index >= 15 is 0 Å². The number of quaternary nitrogens is 1. The average Bonchev–Trinajstić information content (AvgIpc) is 3.35. The van der Waals surface area contributed by atoms with Crippen LogP contribution in [0.4, 0.5) is 0 Å². The maximum Gasteiger partial charge on any atom is 0.472 e. The largest absolute Gasteiger partial charge is 0.472 e. The maximum absolute atomic E-state index is 13.0. The lowest BCUT2D eigenvalue weighted by molar-refractivity contribution is -0.870. The minimum atomic E-state index is -4.35. The lowest BCUT2D eigenvalue weighted by Gasteiger charge is -2.25. The molecule has 0 heterocycles. The van der Waals surface area contributed by atoms with Crippen LogP contribution in [0.5, 0.6) is 0 Å². The first kappa shape index (κ1) is 72.2. The standard InChI is InChI=1S/C64H129N2O6P/c1-6-8-10-12-14-16-18-20-22-24-26-28-30-31-32-33-34-36-37-39-41-43-45-47-49-51-53-55-57-63(67)62(61-72-73(69,70)71-60-59-66(3,4)5)65-64(68)58-56-54-52-50-48-46-44-42-40-38-35-29-27-25-23-21-19-17-15-13-11-9-7-2/h55,57,62-63,67H,6-54,56,58-61H2,1-5H3,(H-,65,68,69,70)/p+1/b57-55+. The lowest BCUT2D eigenvalue weighted by Crippen LogP contribution is -2.45. The van der Waals surface area contributed by atoms with Crippen molar-refractivity contribution in [2.24, 2.45) is 0 Å². The van der Waals surface area contributed by atoms with Crippen molar-refractivity contribution in [1.29, 1.82) is 0 Å². The van der Waals surface area contributed by atoms with E-state index in [2.05, 4.69) is 19.2 Å². The topological polar surface area (TPSA) is 105 Å². The Morgan fingerprint density at radius 2 is 0.726 bits per heavy atom. The first-order chi connectivity index (χ1) is 35.5. The molecule has 0 aromatic heterocycles. The Morgan fingerprint density at radius 3 is 1.01 bits per heavy atom. The summed E-state index contributed by atoms with van der Waals surface area (Å²) in [5.74, 6) is -0.168. The van der Waals surface area contributed by atoms with Gasteiger partial charge in [-0.25, -0.2) is 4.57 Å². The number of aliphatic hydroxyl groups excluding tert-OH is 1. The SMILES string of the molecule is CCCCCCCCCCCCCCCCCCCCCCCCCCCC/C=C/C(O)C(COP(=O)(O)OCC[N+](C)(C)C)NC(=O)CCCCCCCCCCCCCCCCCCCCCCCCC. The Bertz CT molecular complexity index is 1200. The molecule has 436 valence electrons. The third-order valence-corrected chi connectivity index (χ3v) is 16.2. The fraction of sp³-hybridized carbons (Fsp3) is 0.953. The van der Waals surface area contributed by atoms with Crippen LogP contribution in [-0.4, -0.2) is 73.4 Å². The second-order valence-corrected chi connectivity index (χ2v) is 25.3. The Kier molecular flexibility index (Phi) is 55.4. The van der Waals surface area contributed by atoms with Crippen molar-refractivity contribution < 1.29 is 32.9 Å². The van der Waals surface area contributed by atoms with E-state index in [9.17, 15) is 19.4 Å². The van der Waals surface area contributed by atoms with Crippen molar-refractivity contribution in [3.63, 3.8) is 0 Å². The Labute approximate surface area is 456 Å². The second kappa shape index (κ2) is 56.0. The molecule has 0 saturated carbocycles. The molecule has 0 aliphatic rings. The zero-order valence-corrected chi connectivity index (χ0v) is 50.8. The molecule has 0 rings (SSSR count). The number of nitrogens with zero attached hydrogens (tertiary/aromatic N) is 1. The van der Waals surface area contributed by atoms with Crippen molar-refractivity contribution in [2.45, 2.75) is 353 Å². The highest BCUT2D eigenvalue weighted by Crippen LogP contribution is 2.43. The van der Waals surface area contributed by atoms with Gasteiger partial charge in [0.05, 0.1) is 39.9 Å². The van der Waals surface area contributed by atoms with Crippen LogP contribution < -0.4 is 5.32 Å². The first-order valence-corrected chi connectivity index (χ1v) is 34.1. The summed E-state index contributed by atoms with van der Waals surface area (Å²) in [4.78, 5) is 23.4. The average molecular weight is 1050 g/mol. The number of hydrogen-bond acceptors (Lipinski definition) is 5. The van der Waals surface area contributed by atoms with Crippen LogP contribution in [0.25, 0.3) is 0 Å². The number of rotatable bonds is 61. The zero-order valence-electron chi connectivity index (χ0n) is 49.9. The predicted octanol–water partition coefficient (Wildman–Crippen LogP) is 20.2. The highest BCUT2D eigenvalue weighted by molar-refractivity contribution is 7.47. The van der Waals surface area contributed by atoms with Crippen LogP contribution in [-0.2, 0) is 18.4 Å². The lowest BCUT2D eigenvalue weighted by atomic mass is 10.0. The van der Waals surface area contributed by atoms with Crippen LogP contribution in [0.3, 0.4) is 0 Å². The predicted molar refractivity (Wildman–Crippen MR) is 319 cm³/mol. The fourth-order valence-corrected chi connectivity index (χ4v) is 10.9. The van der Waals surface area contributed by atoms with Gasteiger partial charge in [0, 0.05) is 6.42 Å². The van der Waals surface area contributed by atoms with Crippen LogP contribution in [0, 0.1) is 0 Å². The number of phosphoric ester groups is 1. The minimum absolute atomic E-state index is 0.0654. The third-order valence-electron chi connectivity index (χ3n) is 15.3. The number of carbonyl (C=O) groups excluding carboxylic acids is 1. The maximum atomic E-state index is 13.0. The van der Waals surface area contributed by atoms with Gasteiger partial charge in [-0.15, -0.1) is 0 Å². The summed E-state index contributed by atoms with van der Waals surface area (Å²) in [6, 6.07) is -0.843. The summed E-state index contributed by atoms with van der Waals surface area (Å²) in [6.07, 6.45) is 70.5. The highest BCUT2D eigenvalue weighted by Gasteiger charge is 2.28. The molecular weight excluding hydrogens is 924 g/mol. The summed E-state index contributed by atoms with van der Waals surface area (Å²) >= 11 is 0. The molecule has 0 aliphatic carbocycles. The van der Waals surface area contributed by atoms with Gasteiger partial charge >= 0.3 is 7.82 Å². The molecule has 3 atom stereocenters. The van der Waals surface area contributed by atoms with Crippen molar-refractivity contribution >= 4 is 13.7 Å². The van der Waals surface area contributed by atoms with Gasteiger partial charge in [0.2, 0.25) is 5.91 Å². The molecule has 8 nitrogen and oxygen atoms in total. The molecule has 3 N–H and O–H groups in total. The summed E-state index contributed by atoms with van der Waals surface area (Å²) in [5, 5.41) is 14.0. The summed E-state index contributed by atoms with van der Waals surface area (Å²) in [6.45, 7) is 4.88. The van der Waals surface area contributed by atoms with Gasteiger partial charge < -0.3 is 19.8 Å². The number of hydrogen-bond donors (Lipinski definition) is 3. The Morgan fingerprint density at radius 1 is 0.452 bits per heavy atom. The van der Waals surface area contributed by atoms with Crippen molar-refractivity contribution in [2.75, 3.05) is 40.9 Å². The summed E-state index contributed by atoms with van der Waals surface area (Å²) in [7, 11) is 1.59. The number of carbonyl (C=O) groups is 1. The Balaban J connectivity index is 4.09. The third kappa shape index (κ3) is 58.8. The van der Waals surface area contributed by atoms with Gasteiger partial charge in [-0.05, 0) is 19.3 Å². The zero-order chi connectivity index (χ0) is 53.5. The first-order valence-electron chi connectivity index (χ1n) is 32.6. The number of allylic oxidation sites excluding steroid dienone is 1. The van der Waals surface area contributed by atoms with E-state index < -0.39 is 20.0 Å². The van der Waals surface area contributed by atoms with E-state index in [-0.39, 0.29) is 19.1 Å². The van der Waals surface area contributed by atoms with Crippen LogP contribution in [0.2, 0.25) is 0 Å². The monoisotopic (exact) mass is 1050 g/mol. The molecular formula is C64H130N2O6P+. The van der Waals surface area contributed by atoms with E-state index in [0.717, 1.165) is 32.1 Å². The second-order valence-electron chi connectivity index (χ2n) is 23.9. The van der Waals surface area contributed by atoms with Gasteiger partial charge in [0.1, 0.15) is 13.2 Å². The van der Waals surface area contributed by atoms with Crippen molar-refractivity contribution in [3.8, 4) is 0 Å². The van der Waals surface area contributed by atoms with Gasteiger partial charge in [0.25, 0.3) is 0 Å². The van der Waals surface area contributed by atoms with Gasteiger partial charge in [-0.1, -0.05) is 328 Å². The van der Waals surface area contributed by atoms with E-state index in [0.29, 0.717) is 17.4 Å². The molecule has 0 radical (unpaired) electrons. The molecule has 3 unspecified atom stereocenters. The number of nitrogens with one attached hydrogen (secondary N) is 1. The summed E-state index contributed by atoms with van der Waals surface area (Å²) < 4.78 is 23.8. The fourth-order valence-electron chi connectivity index (χ4n) is 10.2. The molecule has 0 saturated heterocycles. The molecule has 1 amide bonds. The number of likely N-dealkylation sites (N-methyl/N-ethyl adjacent to an activating group) is 1. The molecule has 0 bridgehead atoms. The van der Waals surface area contributed by atoms with Gasteiger partial charge in [0.15, 0.2) is 0 Å². The normalized spacial score (nSPS) is 13.8. The quantitative estimate of drug-likeness (QED) is 0.0243. The molecule has 73 heavy (non-hydrogen) atoms. The van der Waals surface area contributed by atoms with E-state index in [4.69, 9.17) is 9.05 Å². The van der Waals surface area contributed by atoms with Gasteiger partial charge in [-0.2, -0.15) is 0 Å².